The van der Waals surface area contributed by atoms with Gasteiger partial charge in [-0.2, -0.15) is 9.39 Å². The van der Waals surface area contributed by atoms with E-state index in [1.54, 1.807) is 0 Å². The SMILES string of the molecule is CC(C)(C)OC(=O)[N+]1([N+]2(Cc3ccccc3)CCCCC2)CCCCC1. The van der Waals surface area contributed by atoms with Gasteiger partial charge in [0.15, 0.2) is 0 Å². The van der Waals surface area contributed by atoms with Crippen molar-refractivity contribution >= 4 is 6.09 Å². The number of nitrogens with zero attached hydrogens (tertiary/aromatic N) is 2. The van der Waals surface area contributed by atoms with Crippen molar-refractivity contribution in [2.24, 2.45) is 0 Å². The normalized spacial score (nSPS) is 22.6. The number of rotatable bonds is 3. The highest BCUT2D eigenvalue weighted by Crippen LogP contribution is 2.37. The first kappa shape index (κ1) is 19.4. The molecule has 3 rings (SSSR count). The summed E-state index contributed by atoms with van der Waals surface area (Å²) < 4.78 is 7.35. The Bertz CT molecular complexity index is 594. The molecule has 0 bridgehead atoms. The highest BCUT2D eigenvalue weighted by Gasteiger charge is 2.59. The molecule has 2 aliphatic rings. The first-order valence-electron chi connectivity index (χ1n) is 10.4. The molecule has 0 aliphatic carbocycles. The number of carbonyl (C=O) groups is 1. The van der Waals surface area contributed by atoms with E-state index in [4.69, 9.17) is 4.74 Å². The fraction of sp³-hybridized carbons (Fsp3) is 0.682. The number of amides is 1. The topological polar surface area (TPSA) is 26.3 Å². The van der Waals surface area contributed by atoms with Crippen LogP contribution < -0.4 is 0 Å². The molecule has 0 atom stereocenters. The average Bonchev–Trinajstić information content (AvgIpc) is 2.62. The van der Waals surface area contributed by atoms with Crippen LogP contribution in [0, 0.1) is 0 Å². The summed E-state index contributed by atoms with van der Waals surface area (Å²) in [4.78, 5) is 13.6. The lowest BCUT2D eigenvalue weighted by molar-refractivity contribution is -1.47. The van der Waals surface area contributed by atoms with Gasteiger partial charge in [0, 0.05) is 31.2 Å². The molecular weight excluding hydrogens is 324 g/mol. The lowest BCUT2D eigenvalue weighted by Gasteiger charge is -2.53. The van der Waals surface area contributed by atoms with Crippen molar-refractivity contribution in [2.45, 2.75) is 71.4 Å². The van der Waals surface area contributed by atoms with Crippen LogP contribution in [0.25, 0.3) is 0 Å². The molecule has 0 spiro atoms. The molecule has 0 radical (unpaired) electrons. The van der Waals surface area contributed by atoms with Gasteiger partial charge in [-0.25, -0.2) is 0 Å². The van der Waals surface area contributed by atoms with Crippen molar-refractivity contribution in [3.63, 3.8) is 0 Å². The number of ether oxygens (including phenoxy) is 1. The summed E-state index contributed by atoms with van der Waals surface area (Å²) in [6.07, 6.45) is 7.15. The smallest absolute Gasteiger partial charge is 0.411 e. The van der Waals surface area contributed by atoms with Crippen LogP contribution in [0.3, 0.4) is 0 Å². The largest absolute Gasteiger partial charge is 0.566 e. The van der Waals surface area contributed by atoms with E-state index in [9.17, 15) is 4.79 Å². The van der Waals surface area contributed by atoms with Crippen LogP contribution in [0.15, 0.2) is 30.3 Å². The van der Waals surface area contributed by atoms with Crippen LogP contribution in [0.4, 0.5) is 4.79 Å². The number of likely N-dealkylation sites (tertiary alicyclic amines) is 2. The molecule has 4 nitrogen and oxygen atoms in total. The molecule has 2 heterocycles. The van der Waals surface area contributed by atoms with Crippen LogP contribution >= 0.6 is 0 Å². The summed E-state index contributed by atoms with van der Waals surface area (Å²) in [5.74, 6) is 0. The number of quaternary nitrogens is 2. The molecule has 1 amide bonds. The fourth-order valence-corrected chi connectivity index (χ4v) is 4.86. The highest BCUT2D eigenvalue weighted by atomic mass is 16.6. The number of hydrogen-bond donors (Lipinski definition) is 0. The van der Waals surface area contributed by atoms with Crippen LogP contribution in [-0.4, -0.2) is 47.1 Å². The predicted molar refractivity (Wildman–Crippen MR) is 104 cm³/mol. The molecule has 144 valence electrons. The Labute approximate surface area is 158 Å². The summed E-state index contributed by atoms with van der Waals surface area (Å²) in [7, 11) is 0. The fourth-order valence-electron chi connectivity index (χ4n) is 4.86. The molecule has 0 N–H and O–H groups in total. The molecule has 1 aromatic carbocycles. The second kappa shape index (κ2) is 7.69. The molecule has 26 heavy (non-hydrogen) atoms. The zero-order chi connectivity index (χ0) is 18.7. The lowest BCUT2D eigenvalue weighted by atomic mass is 10.0. The predicted octanol–water partition coefficient (Wildman–Crippen LogP) is 5.04. The summed E-state index contributed by atoms with van der Waals surface area (Å²) in [5.41, 5.74) is 0.896. The zero-order valence-corrected chi connectivity index (χ0v) is 16.9. The van der Waals surface area contributed by atoms with Crippen LogP contribution in [0.5, 0.6) is 0 Å². The van der Waals surface area contributed by atoms with E-state index in [1.807, 2.05) is 20.8 Å². The third kappa shape index (κ3) is 3.96. The monoisotopic (exact) mass is 360 g/mol. The summed E-state index contributed by atoms with van der Waals surface area (Å²) in [6, 6.07) is 10.7. The summed E-state index contributed by atoms with van der Waals surface area (Å²) >= 11 is 0. The Balaban J connectivity index is 2.00. The van der Waals surface area contributed by atoms with Gasteiger partial charge in [0.2, 0.25) is 0 Å². The molecule has 0 saturated carbocycles. The minimum Gasteiger partial charge on any atom is -0.411 e. The summed E-state index contributed by atoms with van der Waals surface area (Å²) in [6.45, 7) is 10.9. The molecule has 2 saturated heterocycles. The van der Waals surface area contributed by atoms with Gasteiger partial charge < -0.3 is 4.74 Å². The number of piperidine rings is 2. The zero-order valence-electron chi connectivity index (χ0n) is 16.9. The van der Waals surface area contributed by atoms with Crippen molar-refractivity contribution in [2.75, 3.05) is 26.2 Å². The average molecular weight is 361 g/mol. The van der Waals surface area contributed by atoms with E-state index in [0.29, 0.717) is 4.59 Å². The quantitative estimate of drug-likeness (QED) is 0.706. The standard InChI is InChI=1S/C22H36N2O2/c1-22(2,3)26-21(25)24(17-11-6-12-18-24)23(15-9-5-10-16-23)19-20-13-7-4-8-14-20/h4,7-8,13-14H,5-6,9-12,15-19H2,1-3H3/q+2. The first-order chi connectivity index (χ1) is 12.4. The van der Waals surface area contributed by atoms with E-state index >= 15 is 0 Å². The van der Waals surface area contributed by atoms with Gasteiger partial charge in [-0.05, 0) is 33.6 Å². The van der Waals surface area contributed by atoms with Gasteiger partial charge in [-0.1, -0.05) is 34.9 Å². The van der Waals surface area contributed by atoms with Gasteiger partial charge >= 0.3 is 6.09 Å². The second-order valence-corrected chi connectivity index (χ2v) is 9.16. The Kier molecular flexibility index (Phi) is 5.73. The van der Waals surface area contributed by atoms with E-state index in [-0.39, 0.29) is 6.09 Å². The van der Waals surface area contributed by atoms with Gasteiger partial charge in [0.25, 0.3) is 0 Å². The van der Waals surface area contributed by atoms with Gasteiger partial charge in [0.1, 0.15) is 38.3 Å². The Morgan fingerprint density at radius 1 is 0.885 bits per heavy atom. The molecule has 2 fully saturated rings. The number of benzene rings is 1. The molecule has 4 heteroatoms. The van der Waals surface area contributed by atoms with Crippen molar-refractivity contribution in [1.82, 2.24) is 0 Å². The van der Waals surface area contributed by atoms with Crippen molar-refractivity contribution < 1.29 is 18.7 Å². The van der Waals surface area contributed by atoms with Gasteiger partial charge in [0.05, 0.1) is 0 Å². The van der Waals surface area contributed by atoms with Crippen LogP contribution in [0.2, 0.25) is 0 Å². The molecule has 2 aliphatic heterocycles. The number of carbonyl (C=O) groups excluding carboxylic acids is 1. The van der Waals surface area contributed by atoms with Crippen molar-refractivity contribution in [1.29, 1.82) is 0 Å². The van der Waals surface area contributed by atoms with Crippen molar-refractivity contribution in [3.8, 4) is 0 Å². The molecule has 0 unspecified atom stereocenters. The Morgan fingerprint density at radius 3 is 1.96 bits per heavy atom. The third-order valence-electron chi connectivity index (χ3n) is 6.07. The molecule has 0 aromatic heterocycles. The third-order valence-corrected chi connectivity index (χ3v) is 6.07. The maximum Gasteiger partial charge on any atom is 0.566 e. The minimum atomic E-state index is -0.438. The van der Waals surface area contributed by atoms with Crippen LogP contribution in [0.1, 0.15) is 64.9 Å². The Hall–Kier alpha value is -1.39. The lowest BCUT2D eigenvalue weighted by Crippen LogP contribution is -2.77. The van der Waals surface area contributed by atoms with Gasteiger partial charge in [-0.3, -0.25) is 0 Å². The van der Waals surface area contributed by atoms with Crippen LogP contribution in [-0.2, 0) is 11.3 Å². The maximum atomic E-state index is 13.6. The van der Waals surface area contributed by atoms with E-state index in [1.165, 1.54) is 31.2 Å². The minimum absolute atomic E-state index is 0.00460. The maximum absolute atomic E-state index is 13.6. The van der Waals surface area contributed by atoms with Gasteiger partial charge in [-0.15, -0.1) is 0 Å². The van der Waals surface area contributed by atoms with Crippen molar-refractivity contribution in [3.05, 3.63) is 35.9 Å². The summed E-state index contributed by atoms with van der Waals surface area (Å²) in [5, 5.41) is 0. The van der Waals surface area contributed by atoms with E-state index in [0.717, 1.165) is 50.2 Å². The molecular formula is C22H36N2O2+2. The number of hydrogen-bond acceptors (Lipinski definition) is 2. The van der Waals surface area contributed by atoms with E-state index in [2.05, 4.69) is 30.3 Å². The molecule has 1 aromatic rings. The highest BCUT2D eigenvalue weighted by molar-refractivity contribution is 5.59. The van der Waals surface area contributed by atoms with E-state index < -0.39 is 5.60 Å². The first-order valence-corrected chi connectivity index (χ1v) is 10.4. The second-order valence-electron chi connectivity index (χ2n) is 9.16. The Morgan fingerprint density at radius 2 is 1.42 bits per heavy atom.